The molecule has 0 amide bonds. The van der Waals surface area contributed by atoms with Crippen LogP contribution in [0.2, 0.25) is 0 Å². The maximum absolute atomic E-state index is 11.4. The van der Waals surface area contributed by atoms with Crippen molar-refractivity contribution in [2.75, 3.05) is 44.6 Å². The highest BCUT2D eigenvalue weighted by Gasteiger charge is 2.18. The number of hydrogen-bond donors (Lipinski definition) is 2. The number of anilines is 2. The van der Waals surface area contributed by atoms with E-state index in [9.17, 15) is 8.42 Å². The highest BCUT2D eigenvalue weighted by molar-refractivity contribution is 7.89. The highest BCUT2D eigenvalue weighted by Crippen LogP contribution is 2.25. The second-order valence-electron chi connectivity index (χ2n) is 4.76. The quantitative estimate of drug-likeness (QED) is 0.672. The third kappa shape index (κ3) is 4.85. The molecule has 1 atom stereocenters. The largest absolute Gasteiger partial charge is 0.398 e. The molecule has 1 aromatic rings. The molecule has 0 radical (unpaired) electrons. The van der Waals surface area contributed by atoms with Crippen molar-refractivity contribution >= 4 is 21.4 Å². The van der Waals surface area contributed by atoms with Gasteiger partial charge in [-0.3, -0.25) is 0 Å². The minimum Gasteiger partial charge on any atom is -0.398 e. The molecule has 1 rings (SSSR count). The standard InChI is InChI=1S/C13H23N3O4S/c1-10(9-20-3)16(6-7-19-2)11-4-5-13(12(14)8-11)21(15,17)18/h4-5,8,10H,6-7,9,14H2,1-3H3,(H2,15,17,18). The average Bonchev–Trinajstić information content (AvgIpc) is 2.38. The van der Waals surface area contributed by atoms with Gasteiger partial charge in [0.1, 0.15) is 4.90 Å². The number of primary sulfonamides is 1. The maximum atomic E-state index is 11.4. The molecule has 0 saturated carbocycles. The summed E-state index contributed by atoms with van der Waals surface area (Å²) in [7, 11) is -0.565. The summed E-state index contributed by atoms with van der Waals surface area (Å²) in [5.41, 5.74) is 6.72. The predicted molar refractivity (Wildman–Crippen MR) is 82.8 cm³/mol. The Morgan fingerprint density at radius 2 is 1.95 bits per heavy atom. The smallest absolute Gasteiger partial charge is 0.240 e. The topological polar surface area (TPSA) is 108 Å². The molecule has 0 aromatic heterocycles. The van der Waals surface area contributed by atoms with E-state index in [0.717, 1.165) is 5.69 Å². The van der Waals surface area contributed by atoms with Gasteiger partial charge in [0.25, 0.3) is 0 Å². The van der Waals surface area contributed by atoms with Crippen molar-refractivity contribution in [3.05, 3.63) is 18.2 Å². The monoisotopic (exact) mass is 317 g/mol. The molecule has 0 spiro atoms. The number of hydrogen-bond acceptors (Lipinski definition) is 6. The Labute approximate surface area is 125 Å². The fourth-order valence-corrected chi connectivity index (χ4v) is 2.74. The number of methoxy groups -OCH3 is 2. The summed E-state index contributed by atoms with van der Waals surface area (Å²) in [5.74, 6) is 0. The van der Waals surface area contributed by atoms with E-state index in [4.69, 9.17) is 20.3 Å². The van der Waals surface area contributed by atoms with Crippen LogP contribution in [0.25, 0.3) is 0 Å². The molecule has 0 aliphatic heterocycles. The average molecular weight is 317 g/mol. The molecule has 0 aliphatic carbocycles. The first-order chi connectivity index (χ1) is 9.81. The molecular weight excluding hydrogens is 294 g/mol. The second-order valence-corrected chi connectivity index (χ2v) is 6.29. The second kappa shape index (κ2) is 7.60. The molecule has 8 heteroatoms. The first-order valence-corrected chi connectivity index (χ1v) is 8.02. The van der Waals surface area contributed by atoms with E-state index in [-0.39, 0.29) is 16.6 Å². The molecule has 0 saturated heterocycles. The Morgan fingerprint density at radius 1 is 1.29 bits per heavy atom. The molecule has 7 nitrogen and oxygen atoms in total. The van der Waals surface area contributed by atoms with E-state index in [1.165, 1.54) is 6.07 Å². The number of rotatable bonds is 8. The molecule has 21 heavy (non-hydrogen) atoms. The van der Waals surface area contributed by atoms with Gasteiger partial charge in [0.2, 0.25) is 10.0 Å². The van der Waals surface area contributed by atoms with Crippen LogP contribution in [0.1, 0.15) is 6.92 Å². The fraction of sp³-hybridized carbons (Fsp3) is 0.538. The number of nitrogen functional groups attached to an aromatic ring is 1. The molecule has 0 aliphatic rings. The van der Waals surface area contributed by atoms with Crippen molar-refractivity contribution in [3.63, 3.8) is 0 Å². The summed E-state index contributed by atoms with van der Waals surface area (Å²) >= 11 is 0. The minimum atomic E-state index is -3.82. The lowest BCUT2D eigenvalue weighted by atomic mass is 10.2. The van der Waals surface area contributed by atoms with Gasteiger partial charge in [-0.05, 0) is 25.1 Å². The number of ether oxygens (including phenoxy) is 2. The van der Waals surface area contributed by atoms with Crippen LogP contribution in [-0.4, -0.2) is 48.4 Å². The van der Waals surface area contributed by atoms with Crippen molar-refractivity contribution in [3.8, 4) is 0 Å². The third-order valence-corrected chi connectivity index (χ3v) is 4.09. The zero-order valence-corrected chi connectivity index (χ0v) is 13.4. The van der Waals surface area contributed by atoms with Gasteiger partial charge in [-0.15, -0.1) is 0 Å². The first-order valence-electron chi connectivity index (χ1n) is 6.48. The van der Waals surface area contributed by atoms with Crippen molar-refractivity contribution in [1.82, 2.24) is 0 Å². The Hall–Kier alpha value is -1.35. The molecule has 120 valence electrons. The number of benzene rings is 1. The van der Waals surface area contributed by atoms with Crippen molar-refractivity contribution < 1.29 is 17.9 Å². The zero-order valence-electron chi connectivity index (χ0n) is 12.6. The van der Waals surface area contributed by atoms with Crippen LogP contribution in [0.4, 0.5) is 11.4 Å². The van der Waals surface area contributed by atoms with Crippen LogP contribution in [0.3, 0.4) is 0 Å². The summed E-state index contributed by atoms with van der Waals surface area (Å²) in [4.78, 5) is 1.97. The Balaban J connectivity index is 3.10. The van der Waals surface area contributed by atoms with Gasteiger partial charge in [-0.1, -0.05) is 0 Å². The minimum absolute atomic E-state index is 0.0719. The van der Waals surface area contributed by atoms with Crippen molar-refractivity contribution in [2.45, 2.75) is 17.9 Å². The van der Waals surface area contributed by atoms with Crippen LogP contribution in [-0.2, 0) is 19.5 Å². The predicted octanol–water partition coefficient (Wildman–Crippen LogP) is 0.404. The van der Waals surface area contributed by atoms with Crippen molar-refractivity contribution in [2.24, 2.45) is 5.14 Å². The summed E-state index contributed by atoms with van der Waals surface area (Å²) < 4.78 is 33.0. The molecule has 0 fully saturated rings. The van der Waals surface area contributed by atoms with Crippen LogP contribution < -0.4 is 15.8 Å². The fourth-order valence-electron chi connectivity index (χ4n) is 2.10. The van der Waals surface area contributed by atoms with Gasteiger partial charge >= 0.3 is 0 Å². The molecule has 1 aromatic carbocycles. The van der Waals surface area contributed by atoms with Crippen LogP contribution >= 0.6 is 0 Å². The SMILES string of the molecule is COCCN(c1ccc(S(N)(=O)=O)c(N)c1)C(C)COC. The Bertz CT molecular complexity index is 563. The lowest BCUT2D eigenvalue weighted by Crippen LogP contribution is -2.38. The van der Waals surface area contributed by atoms with Gasteiger partial charge in [0.15, 0.2) is 0 Å². The van der Waals surface area contributed by atoms with E-state index in [0.29, 0.717) is 19.8 Å². The van der Waals surface area contributed by atoms with E-state index < -0.39 is 10.0 Å². The molecule has 0 heterocycles. The zero-order chi connectivity index (χ0) is 16.0. The normalized spacial score (nSPS) is 13.1. The van der Waals surface area contributed by atoms with Crippen LogP contribution in [0.5, 0.6) is 0 Å². The molecule has 0 bridgehead atoms. The van der Waals surface area contributed by atoms with E-state index in [1.54, 1.807) is 26.4 Å². The van der Waals surface area contributed by atoms with Gasteiger partial charge in [-0.2, -0.15) is 0 Å². The van der Waals surface area contributed by atoms with Gasteiger partial charge in [-0.25, -0.2) is 13.6 Å². The van der Waals surface area contributed by atoms with Gasteiger partial charge in [0.05, 0.1) is 18.9 Å². The first kappa shape index (κ1) is 17.7. The summed E-state index contributed by atoms with van der Waals surface area (Å²) in [6, 6.07) is 4.78. The molecule has 4 N–H and O–H groups in total. The lowest BCUT2D eigenvalue weighted by Gasteiger charge is -2.31. The summed E-state index contributed by atoms with van der Waals surface area (Å²) in [5, 5.41) is 5.11. The Kier molecular flexibility index (Phi) is 6.41. The van der Waals surface area contributed by atoms with Gasteiger partial charge in [0, 0.05) is 32.5 Å². The van der Waals surface area contributed by atoms with E-state index >= 15 is 0 Å². The van der Waals surface area contributed by atoms with E-state index in [2.05, 4.69) is 0 Å². The number of nitrogens with zero attached hydrogens (tertiary/aromatic N) is 1. The van der Waals surface area contributed by atoms with Gasteiger partial charge < -0.3 is 20.1 Å². The number of sulfonamides is 1. The highest BCUT2D eigenvalue weighted by atomic mass is 32.2. The lowest BCUT2D eigenvalue weighted by molar-refractivity contribution is 0.171. The number of nitrogens with two attached hydrogens (primary N) is 2. The Morgan fingerprint density at radius 3 is 2.43 bits per heavy atom. The van der Waals surface area contributed by atoms with Crippen LogP contribution in [0, 0.1) is 0 Å². The molecule has 1 unspecified atom stereocenters. The summed E-state index contributed by atoms with van der Waals surface area (Å²) in [6.07, 6.45) is 0. The molecular formula is C13H23N3O4S. The maximum Gasteiger partial charge on any atom is 0.240 e. The summed E-state index contributed by atoms with van der Waals surface area (Å²) in [6.45, 7) is 3.70. The third-order valence-electron chi connectivity index (χ3n) is 3.11. The van der Waals surface area contributed by atoms with Crippen LogP contribution in [0.15, 0.2) is 23.1 Å². The van der Waals surface area contributed by atoms with Crippen molar-refractivity contribution in [1.29, 1.82) is 0 Å². The van der Waals surface area contributed by atoms with E-state index in [1.807, 2.05) is 11.8 Å².